The van der Waals surface area contributed by atoms with Crippen molar-refractivity contribution in [2.75, 3.05) is 19.8 Å². The normalized spacial score (nSPS) is 14.2. The zero-order valence-corrected chi connectivity index (χ0v) is 26.1. The average Bonchev–Trinajstić information content (AvgIpc) is 2.76. The molecule has 0 saturated heterocycles. The highest BCUT2D eigenvalue weighted by Gasteiger charge is 2.58. The molecule has 6 N–H and O–H groups in total. The van der Waals surface area contributed by atoms with Crippen LogP contribution in [0.25, 0.3) is 0 Å². The van der Waals surface area contributed by atoms with E-state index < -0.39 is 52.5 Å². The fraction of sp³-hybridized carbons (Fsp3) is 0.636. The van der Waals surface area contributed by atoms with E-state index in [9.17, 15) is 30.6 Å². The lowest BCUT2D eigenvalue weighted by Gasteiger charge is -2.51. The molecule has 39 heavy (non-hydrogen) atoms. The number of phenols is 2. The van der Waals surface area contributed by atoms with Crippen molar-refractivity contribution in [3.63, 3.8) is 0 Å². The Kier molecular flexibility index (Phi) is 8.80. The van der Waals surface area contributed by atoms with E-state index in [0.29, 0.717) is 33.4 Å². The number of hydrogen-bond donors (Lipinski definition) is 6. The Labute approximate surface area is 235 Å². The maximum atomic E-state index is 13.6. The molecule has 2 rings (SSSR count). The van der Waals surface area contributed by atoms with Crippen molar-refractivity contribution in [2.24, 2.45) is 5.41 Å². The molecule has 0 atom stereocenters. The molecule has 0 aromatic heterocycles. The van der Waals surface area contributed by atoms with Crippen LogP contribution in [0.1, 0.15) is 116 Å². The highest BCUT2D eigenvalue weighted by molar-refractivity contribution is 5.61. The molecule has 2 aromatic carbocycles. The molecule has 0 spiro atoms. The molecule has 0 heterocycles. The molecule has 0 amide bonds. The van der Waals surface area contributed by atoms with Gasteiger partial charge in [-0.1, -0.05) is 83.1 Å². The molecule has 0 unspecified atom stereocenters. The summed E-state index contributed by atoms with van der Waals surface area (Å²) in [5, 5.41) is 68.2. The van der Waals surface area contributed by atoms with Gasteiger partial charge in [-0.3, -0.25) is 0 Å². The number of aliphatic hydroxyl groups is 4. The van der Waals surface area contributed by atoms with Crippen LogP contribution < -0.4 is 0 Å². The maximum Gasteiger partial charge on any atom is 0.128 e. The predicted octanol–water partition coefficient (Wildman–Crippen LogP) is 5.49. The highest BCUT2D eigenvalue weighted by Crippen LogP contribution is 2.56. The van der Waals surface area contributed by atoms with Crippen LogP contribution in [0, 0.1) is 5.41 Å². The molecule has 2 aromatic rings. The number of aromatic hydroxyl groups is 2. The summed E-state index contributed by atoms with van der Waals surface area (Å²) in [6.07, 6.45) is 0. The Balaban J connectivity index is 3.57. The second-order valence-electron chi connectivity index (χ2n) is 15.3. The molecule has 0 bridgehead atoms. The minimum Gasteiger partial charge on any atom is -0.508 e. The van der Waals surface area contributed by atoms with E-state index in [-0.39, 0.29) is 11.5 Å². The second-order valence-corrected chi connectivity index (χ2v) is 15.3. The Morgan fingerprint density at radius 2 is 0.667 bits per heavy atom. The summed E-state index contributed by atoms with van der Waals surface area (Å²) in [4.78, 5) is 0. The van der Waals surface area contributed by atoms with Crippen molar-refractivity contribution in [1.29, 1.82) is 0 Å². The van der Waals surface area contributed by atoms with E-state index in [1.54, 1.807) is 24.3 Å². The summed E-state index contributed by atoms with van der Waals surface area (Å²) in [6.45, 7) is 21.5. The van der Waals surface area contributed by atoms with Crippen LogP contribution in [0.5, 0.6) is 11.5 Å². The molecule has 0 fully saturated rings. The van der Waals surface area contributed by atoms with Crippen LogP contribution in [0.3, 0.4) is 0 Å². The van der Waals surface area contributed by atoms with Crippen molar-refractivity contribution < 1.29 is 30.6 Å². The van der Waals surface area contributed by atoms with Gasteiger partial charge in [0.05, 0.1) is 25.2 Å². The molecule has 6 heteroatoms. The third-order valence-corrected chi connectivity index (χ3v) is 7.88. The SMILES string of the molecule is CC(C)(C)c1cc(O)cc(C(C)(C)C)c1C(O)(c1c(C(C)(C)C)cc(O)cc1C(C)(C)C)C(CO)(CO)CO. The van der Waals surface area contributed by atoms with E-state index in [0.717, 1.165) is 0 Å². The van der Waals surface area contributed by atoms with Gasteiger partial charge in [-0.15, -0.1) is 0 Å². The fourth-order valence-corrected chi connectivity index (χ4v) is 5.55. The predicted molar refractivity (Wildman–Crippen MR) is 158 cm³/mol. The molecule has 0 saturated carbocycles. The Morgan fingerprint density at radius 3 is 0.821 bits per heavy atom. The first-order valence-corrected chi connectivity index (χ1v) is 13.7. The van der Waals surface area contributed by atoms with E-state index in [4.69, 9.17) is 0 Å². The van der Waals surface area contributed by atoms with Gasteiger partial charge in [0.1, 0.15) is 17.1 Å². The lowest BCUT2D eigenvalue weighted by atomic mass is 9.56. The van der Waals surface area contributed by atoms with Gasteiger partial charge >= 0.3 is 0 Å². The zero-order chi connectivity index (χ0) is 30.6. The largest absolute Gasteiger partial charge is 0.508 e. The van der Waals surface area contributed by atoms with Gasteiger partial charge < -0.3 is 30.6 Å². The molecular weight excluding hydrogens is 492 g/mol. The number of benzene rings is 2. The molecule has 0 aliphatic carbocycles. The van der Waals surface area contributed by atoms with Crippen LogP contribution in [0.2, 0.25) is 0 Å². The number of hydrogen-bond acceptors (Lipinski definition) is 6. The summed E-state index contributed by atoms with van der Waals surface area (Å²) in [6, 6.07) is 6.50. The Hall–Kier alpha value is -2.12. The van der Waals surface area contributed by atoms with Gasteiger partial charge in [0.25, 0.3) is 0 Å². The second kappa shape index (κ2) is 10.4. The van der Waals surface area contributed by atoms with Crippen LogP contribution in [-0.2, 0) is 27.3 Å². The van der Waals surface area contributed by atoms with Crippen LogP contribution >= 0.6 is 0 Å². The molecule has 0 aliphatic heterocycles. The first-order chi connectivity index (χ1) is 17.4. The lowest BCUT2D eigenvalue weighted by molar-refractivity contribution is -0.138. The van der Waals surface area contributed by atoms with E-state index in [1.165, 1.54) is 0 Å². The van der Waals surface area contributed by atoms with E-state index in [2.05, 4.69) is 0 Å². The number of aliphatic hydroxyl groups excluding tert-OH is 3. The summed E-state index contributed by atoms with van der Waals surface area (Å²) >= 11 is 0. The third kappa shape index (κ3) is 5.85. The zero-order valence-electron chi connectivity index (χ0n) is 26.1. The summed E-state index contributed by atoms with van der Waals surface area (Å²) in [5.74, 6) is 0.0766. The van der Waals surface area contributed by atoms with Crippen LogP contribution in [-0.4, -0.2) is 50.5 Å². The van der Waals surface area contributed by atoms with Crippen molar-refractivity contribution in [3.8, 4) is 11.5 Å². The quantitative estimate of drug-likeness (QED) is 0.286. The average molecular weight is 545 g/mol. The molecule has 0 aliphatic rings. The highest BCUT2D eigenvalue weighted by atomic mass is 16.3. The number of phenolic OH excluding ortho intramolecular Hbond substituents is 2. The fourth-order valence-electron chi connectivity index (χ4n) is 5.55. The lowest BCUT2D eigenvalue weighted by Crippen LogP contribution is -2.57. The van der Waals surface area contributed by atoms with Crippen molar-refractivity contribution >= 4 is 0 Å². The molecule has 0 radical (unpaired) electrons. The van der Waals surface area contributed by atoms with Crippen molar-refractivity contribution in [1.82, 2.24) is 0 Å². The molecule has 220 valence electrons. The summed E-state index contributed by atoms with van der Waals surface area (Å²) < 4.78 is 0. The van der Waals surface area contributed by atoms with Crippen molar-refractivity contribution in [3.05, 3.63) is 57.6 Å². The minimum atomic E-state index is -2.15. The summed E-state index contributed by atoms with van der Waals surface area (Å²) in [7, 11) is 0. The number of rotatable bonds is 6. The maximum absolute atomic E-state index is 13.6. The van der Waals surface area contributed by atoms with Gasteiger partial charge in [-0.05, 0) is 79.3 Å². The van der Waals surface area contributed by atoms with E-state index >= 15 is 0 Å². The Morgan fingerprint density at radius 1 is 0.462 bits per heavy atom. The Bertz CT molecular complexity index is 1020. The third-order valence-electron chi connectivity index (χ3n) is 7.88. The van der Waals surface area contributed by atoms with Gasteiger partial charge in [-0.2, -0.15) is 0 Å². The first kappa shape index (κ1) is 33.1. The topological polar surface area (TPSA) is 121 Å². The van der Waals surface area contributed by atoms with Crippen LogP contribution in [0.15, 0.2) is 24.3 Å². The standard InChI is InChI=1S/C33H52O6/c1-28(2,3)22-13-20(37)14-23(29(4,5)6)26(22)33(39,32(17-34,18-35)19-36)27-24(30(7,8)9)15-21(38)16-25(27)31(10,11)12/h13-16,34-39H,17-19H2,1-12H3. The monoisotopic (exact) mass is 544 g/mol. The van der Waals surface area contributed by atoms with Gasteiger partial charge in [0.2, 0.25) is 0 Å². The van der Waals surface area contributed by atoms with Gasteiger partial charge in [0, 0.05) is 0 Å². The smallest absolute Gasteiger partial charge is 0.128 e. The van der Waals surface area contributed by atoms with E-state index in [1.807, 2.05) is 83.1 Å². The molecular formula is C33H52O6. The van der Waals surface area contributed by atoms with Crippen molar-refractivity contribution in [2.45, 2.75) is 110 Å². The summed E-state index contributed by atoms with van der Waals surface area (Å²) in [5.41, 5.74) is -2.97. The molecule has 6 nitrogen and oxygen atoms in total. The van der Waals surface area contributed by atoms with Gasteiger partial charge in [-0.25, -0.2) is 0 Å². The first-order valence-electron chi connectivity index (χ1n) is 13.7. The van der Waals surface area contributed by atoms with Crippen LogP contribution in [0.4, 0.5) is 0 Å². The van der Waals surface area contributed by atoms with Gasteiger partial charge in [0.15, 0.2) is 0 Å². The minimum absolute atomic E-state index is 0.0383.